The fourth-order valence-electron chi connectivity index (χ4n) is 3.53. The van der Waals surface area contributed by atoms with Crippen LogP contribution in [0, 0.1) is 5.92 Å². The van der Waals surface area contributed by atoms with Gasteiger partial charge in [0.2, 0.25) is 0 Å². The van der Waals surface area contributed by atoms with Crippen LogP contribution < -0.4 is 0 Å². The monoisotopic (exact) mass is 435 g/mol. The molecule has 3 heterocycles. The molecular formula is C18H19BrClN5O. The molecule has 1 aliphatic heterocycles. The summed E-state index contributed by atoms with van der Waals surface area (Å²) in [6.07, 6.45) is 4.55. The number of carbonyl (C=O) groups excluding carboxylic acids is 1. The van der Waals surface area contributed by atoms with Gasteiger partial charge in [-0.25, -0.2) is 0 Å². The van der Waals surface area contributed by atoms with Crippen molar-refractivity contribution in [2.24, 2.45) is 13.0 Å². The molecule has 0 atom stereocenters. The molecule has 0 saturated carbocycles. The third kappa shape index (κ3) is 3.25. The van der Waals surface area contributed by atoms with E-state index >= 15 is 0 Å². The van der Waals surface area contributed by atoms with E-state index in [1.165, 1.54) is 0 Å². The van der Waals surface area contributed by atoms with Crippen LogP contribution in [0.15, 0.2) is 29.0 Å². The number of benzene rings is 1. The SMILES string of the molecule is Cn1cnnc1CC1CCN(C(=O)c2[nH]c3ccc(Br)cc3c2Cl)CC1. The molecule has 8 heteroatoms. The summed E-state index contributed by atoms with van der Waals surface area (Å²) in [6, 6.07) is 5.79. The Labute approximate surface area is 164 Å². The van der Waals surface area contributed by atoms with Gasteiger partial charge in [-0.1, -0.05) is 27.5 Å². The molecule has 0 aliphatic carbocycles. The van der Waals surface area contributed by atoms with Gasteiger partial charge in [-0.05, 0) is 37.0 Å². The van der Waals surface area contributed by atoms with Crippen LogP contribution in [-0.2, 0) is 13.5 Å². The number of nitrogens with zero attached hydrogens (tertiary/aromatic N) is 4. The third-order valence-electron chi connectivity index (χ3n) is 5.09. The molecular weight excluding hydrogens is 418 g/mol. The average molecular weight is 437 g/mol. The van der Waals surface area contributed by atoms with Crippen molar-refractivity contribution < 1.29 is 4.79 Å². The average Bonchev–Trinajstić information content (AvgIpc) is 3.19. The summed E-state index contributed by atoms with van der Waals surface area (Å²) in [7, 11) is 1.96. The van der Waals surface area contributed by atoms with Crippen molar-refractivity contribution in [3.63, 3.8) is 0 Å². The minimum Gasteiger partial charge on any atom is -0.349 e. The number of hydrogen-bond donors (Lipinski definition) is 1. The summed E-state index contributed by atoms with van der Waals surface area (Å²) in [5.74, 6) is 1.49. The summed E-state index contributed by atoms with van der Waals surface area (Å²) >= 11 is 9.91. The summed E-state index contributed by atoms with van der Waals surface area (Å²) in [5.41, 5.74) is 1.35. The molecule has 2 aromatic heterocycles. The van der Waals surface area contributed by atoms with Gasteiger partial charge in [-0.15, -0.1) is 10.2 Å². The highest BCUT2D eigenvalue weighted by Gasteiger charge is 2.27. The molecule has 136 valence electrons. The highest BCUT2D eigenvalue weighted by atomic mass is 79.9. The minimum atomic E-state index is -0.0283. The smallest absolute Gasteiger partial charge is 0.271 e. The topological polar surface area (TPSA) is 66.8 Å². The van der Waals surface area contributed by atoms with E-state index in [1.54, 1.807) is 6.33 Å². The Bertz CT molecular complexity index is 958. The first-order valence-electron chi connectivity index (χ1n) is 8.62. The van der Waals surface area contributed by atoms with E-state index in [0.29, 0.717) is 16.6 Å². The number of aromatic amines is 1. The van der Waals surface area contributed by atoms with Gasteiger partial charge in [0.15, 0.2) is 0 Å². The first-order valence-corrected chi connectivity index (χ1v) is 9.79. The number of H-pyrrole nitrogens is 1. The molecule has 0 spiro atoms. The van der Waals surface area contributed by atoms with Crippen LogP contribution in [0.25, 0.3) is 10.9 Å². The van der Waals surface area contributed by atoms with E-state index in [1.807, 2.05) is 34.7 Å². The van der Waals surface area contributed by atoms with Gasteiger partial charge in [0.1, 0.15) is 17.8 Å². The molecule has 26 heavy (non-hydrogen) atoms. The van der Waals surface area contributed by atoms with Crippen LogP contribution >= 0.6 is 27.5 Å². The highest BCUT2D eigenvalue weighted by molar-refractivity contribution is 9.10. The number of nitrogens with one attached hydrogen (secondary N) is 1. The molecule has 0 radical (unpaired) electrons. The molecule has 1 fully saturated rings. The summed E-state index contributed by atoms with van der Waals surface area (Å²) in [6.45, 7) is 1.47. The second kappa shape index (κ2) is 7.04. The standard InChI is InChI=1S/C18H19BrClN5O/c1-24-10-21-23-15(24)8-11-4-6-25(7-5-11)18(26)17-16(20)13-9-12(19)2-3-14(13)22-17/h2-3,9-11,22H,4-8H2,1H3. The van der Waals surface area contributed by atoms with Gasteiger partial charge < -0.3 is 14.5 Å². The van der Waals surface area contributed by atoms with Crippen molar-refractivity contribution in [2.75, 3.05) is 13.1 Å². The van der Waals surface area contributed by atoms with Gasteiger partial charge in [-0.2, -0.15) is 0 Å². The molecule has 6 nitrogen and oxygen atoms in total. The van der Waals surface area contributed by atoms with Crippen LogP contribution in [0.3, 0.4) is 0 Å². The lowest BCUT2D eigenvalue weighted by molar-refractivity contribution is 0.0684. The summed E-state index contributed by atoms with van der Waals surface area (Å²) in [5, 5.41) is 9.45. The maximum atomic E-state index is 12.9. The lowest BCUT2D eigenvalue weighted by atomic mass is 9.93. The summed E-state index contributed by atoms with van der Waals surface area (Å²) < 4.78 is 2.90. The van der Waals surface area contributed by atoms with Crippen LogP contribution in [-0.4, -0.2) is 43.6 Å². The molecule has 0 unspecified atom stereocenters. The molecule has 1 saturated heterocycles. The Morgan fingerprint density at radius 3 is 2.85 bits per heavy atom. The number of rotatable bonds is 3. The zero-order valence-corrected chi connectivity index (χ0v) is 16.7. The lowest BCUT2D eigenvalue weighted by Gasteiger charge is -2.31. The number of likely N-dealkylation sites (tertiary alicyclic amines) is 1. The van der Waals surface area contributed by atoms with Crippen molar-refractivity contribution in [3.05, 3.63) is 45.5 Å². The predicted octanol–water partition coefficient (Wildman–Crippen LogP) is 3.81. The van der Waals surface area contributed by atoms with E-state index < -0.39 is 0 Å². The van der Waals surface area contributed by atoms with Gasteiger partial charge in [0.25, 0.3) is 5.91 Å². The number of hydrogen-bond acceptors (Lipinski definition) is 3. The quantitative estimate of drug-likeness (QED) is 0.679. The number of carbonyl (C=O) groups is 1. The Balaban J connectivity index is 1.45. The van der Waals surface area contributed by atoms with Gasteiger partial charge in [0, 0.05) is 41.9 Å². The Kier molecular flexibility index (Phi) is 4.75. The number of aryl methyl sites for hydroxylation is 1. The Morgan fingerprint density at radius 1 is 1.38 bits per heavy atom. The van der Waals surface area contributed by atoms with Gasteiger partial charge >= 0.3 is 0 Å². The van der Waals surface area contributed by atoms with E-state index in [4.69, 9.17) is 11.6 Å². The maximum Gasteiger partial charge on any atom is 0.271 e. The van der Waals surface area contributed by atoms with Crippen LogP contribution in [0.1, 0.15) is 29.2 Å². The van der Waals surface area contributed by atoms with Crippen LogP contribution in [0.2, 0.25) is 5.02 Å². The van der Waals surface area contributed by atoms with Crippen molar-refractivity contribution in [2.45, 2.75) is 19.3 Å². The largest absolute Gasteiger partial charge is 0.349 e. The van der Waals surface area contributed by atoms with Crippen molar-refractivity contribution in [3.8, 4) is 0 Å². The molecule has 1 amide bonds. The number of fused-ring (bicyclic) bond motifs is 1. The number of piperidine rings is 1. The molecule has 0 bridgehead atoms. The third-order valence-corrected chi connectivity index (χ3v) is 5.98. The Hall–Kier alpha value is -1.86. The van der Waals surface area contributed by atoms with Gasteiger partial charge in [-0.3, -0.25) is 4.79 Å². The lowest BCUT2D eigenvalue weighted by Crippen LogP contribution is -2.39. The normalized spacial score (nSPS) is 15.7. The fourth-order valence-corrected chi connectivity index (χ4v) is 4.17. The van der Waals surface area contributed by atoms with E-state index in [-0.39, 0.29) is 5.91 Å². The molecule has 1 aliphatic rings. The van der Waals surface area contributed by atoms with Crippen LogP contribution in [0.4, 0.5) is 0 Å². The highest BCUT2D eigenvalue weighted by Crippen LogP contribution is 2.31. The van der Waals surface area contributed by atoms with Crippen molar-refractivity contribution >= 4 is 44.3 Å². The molecule has 4 rings (SSSR count). The first kappa shape index (κ1) is 17.5. The second-order valence-electron chi connectivity index (χ2n) is 6.80. The zero-order valence-electron chi connectivity index (χ0n) is 14.4. The number of amides is 1. The molecule has 1 aromatic carbocycles. The summed E-state index contributed by atoms with van der Waals surface area (Å²) in [4.78, 5) is 18.0. The van der Waals surface area contributed by atoms with E-state index in [9.17, 15) is 4.79 Å². The van der Waals surface area contributed by atoms with Crippen molar-refractivity contribution in [1.82, 2.24) is 24.6 Å². The van der Waals surface area contributed by atoms with E-state index in [0.717, 1.165) is 53.6 Å². The zero-order chi connectivity index (χ0) is 18.3. The van der Waals surface area contributed by atoms with E-state index in [2.05, 4.69) is 31.1 Å². The van der Waals surface area contributed by atoms with Crippen molar-refractivity contribution in [1.29, 1.82) is 0 Å². The minimum absolute atomic E-state index is 0.0283. The number of halogens is 2. The molecule has 1 N–H and O–H groups in total. The number of aromatic nitrogens is 4. The first-order chi connectivity index (χ1) is 12.5. The Morgan fingerprint density at radius 2 is 2.15 bits per heavy atom. The van der Waals surface area contributed by atoms with Gasteiger partial charge in [0.05, 0.1) is 5.02 Å². The fraction of sp³-hybridized carbons (Fsp3) is 0.389. The predicted molar refractivity (Wildman–Crippen MR) is 104 cm³/mol. The maximum absolute atomic E-state index is 12.9. The van der Waals surface area contributed by atoms with Crippen LogP contribution in [0.5, 0.6) is 0 Å². The molecule has 3 aromatic rings. The second-order valence-corrected chi connectivity index (χ2v) is 8.10.